The van der Waals surface area contributed by atoms with Crippen LogP contribution in [0.5, 0.6) is 5.75 Å². The molecule has 30 heavy (non-hydrogen) atoms. The van der Waals surface area contributed by atoms with Crippen LogP contribution in [0.1, 0.15) is 43.9 Å². The summed E-state index contributed by atoms with van der Waals surface area (Å²) in [5.41, 5.74) is 3.24. The maximum absolute atomic E-state index is 13.1. The summed E-state index contributed by atoms with van der Waals surface area (Å²) in [6.45, 7) is 10.9. The number of nitrogens with one attached hydrogen (secondary N) is 1. The first kappa shape index (κ1) is 23.5. The monoisotopic (exact) mass is 410 g/mol. The Balaban J connectivity index is 2.18. The smallest absolute Gasteiger partial charge is 0.261 e. The lowest BCUT2D eigenvalue weighted by Crippen LogP contribution is -2.50. The molecule has 2 amide bonds. The Kier molecular flexibility index (Phi) is 8.90. The molecular weight excluding hydrogens is 376 g/mol. The molecule has 0 heterocycles. The number of benzene rings is 2. The highest BCUT2D eigenvalue weighted by molar-refractivity contribution is 5.88. The van der Waals surface area contributed by atoms with Gasteiger partial charge >= 0.3 is 0 Å². The Morgan fingerprint density at radius 2 is 1.73 bits per heavy atom. The van der Waals surface area contributed by atoms with E-state index in [1.165, 1.54) is 0 Å². The molecule has 162 valence electrons. The number of carbonyl (C=O) groups is 2. The van der Waals surface area contributed by atoms with Crippen molar-refractivity contribution in [2.45, 2.75) is 53.6 Å². The van der Waals surface area contributed by atoms with Gasteiger partial charge in [-0.25, -0.2) is 0 Å². The zero-order valence-electron chi connectivity index (χ0n) is 18.8. The fourth-order valence-corrected chi connectivity index (χ4v) is 3.21. The lowest BCUT2D eigenvalue weighted by molar-refractivity contribution is -0.143. The molecule has 1 N–H and O–H groups in total. The first-order chi connectivity index (χ1) is 14.3. The van der Waals surface area contributed by atoms with Gasteiger partial charge in [0.05, 0.1) is 0 Å². The third kappa shape index (κ3) is 7.21. The van der Waals surface area contributed by atoms with Crippen LogP contribution in [-0.2, 0) is 16.1 Å². The van der Waals surface area contributed by atoms with Gasteiger partial charge in [0.2, 0.25) is 5.91 Å². The molecule has 0 aliphatic rings. The van der Waals surface area contributed by atoms with Crippen LogP contribution in [0.25, 0.3) is 0 Å². The average Bonchev–Trinajstić information content (AvgIpc) is 2.71. The van der Waals surface area contributed by atoms with Gasteiger partial charge in [0.25, 0.3) is 5.91 Å². The fourth-order valence-electron chi connectivity index (χ4n) is 3.21. The summed E-state index contributed by atoms with van der Waals surface area (Å²) in [6.07, 6.45) is 0.534. The number of hydrogen-bond acceptors (Lipinski definition) is 3. The van der Waals surface area contributed by atoms with Crippen molar-refractivity contribution >= 4 is 11.8 Å². The van der Waals surface area contributed by atoms with Crippen LogP contribution < -0.4 is 10.1 Å². The second kappa shape index (κ2) is 11.4. The number of aryl methyl sites for hydroxylation is 2. The van der Waals surface area contributed by atoms with Gasteiger partial charge in [-0.3, -0.25) is 9.59 Å². The van der Waals surface area contributed by atoms with Gasteiger partial charge in [-0.1, -0.05) is 68.3 Å². The molecule has 0 spiro atoms. The molecule has 2 aromatic rings. The number of nitrogens with zero attached hydrogens (tertiary/aromatic N) is 1. The quantitative estimate of drug-likeness (QED) is 0.637. The van der Waals surface area contributed by atoms with Crippen LogP contribution in [0.2, 0.25) is 0 Å². The Morgan fingerprint density at radius 3 is 2.33 bits per heavy atom. The Labute approximate surface area is 180 Å². The van der Waals surface area contributed by atoms with E-state index < -0.39 is 6.04 Å². The molecule has 2 rings (SSSR count). The van der Waals surface area contributed by atoms with Gasteiger partial charge in [0.15, 0.2) is 6.61 Å². The minimum atomic E-state index is -0.543. The molecule has 1 atom stereocenters. The van der Waals surface area contributed by atoms with Crippen molar-refractivity contribution in [2.24, 2.45) is 5.92 Å². The molecule has 0 radical (unpaired) electrons. The summed E-state index contributed by atoms with van der Waals surface area (Å²) in [7, 11) is 0. The maximum atomic E-state index is 13.1. The topological polar surface area (TPSA) is 58.6 Å². The van der Waals surface area contributed by atoms with E-state index in [9.17, 15) is 9.59 Å². The molecule has 0 aliphatic carbocycles. The highest BCUT2D eigenvalue weighted by Gasteiger charge is 2.29. The van der Waals surface area contributed by atoms with Gasteiger partial charge in [0, 0.05) is 13.1 Å². The van der Waals surface area contributed by atoms with Crippen LogP contribution in [0.3, 0.4) is 0 Å². The van der Waals surface area contributed by atoms with E-state index in [1.807, 2.05) is 83.1 Å². The van der Waals surface area contributed by atoms with Crippen molar-refractivity contribution in [3.8, 4) is 5.75 Å². The van der Waals surface area contributed by atoms with Crippen molar-refractivity contribution in [3.63, 3.8) is 0 Å². The molecule has 0 unspecified atom stereocenters. The number of ether oxygens (including phenoxy) is 1. The molecule has 0 aromatic heterocycles. The fraction of sp³-hybridized carbons (Fsp3) is 0.440. The zero-order chi connectivity index (χ0) is 22.1. The predicted octanol–water partition coefficient (Wildman–Crippen LogP) is 4.26. The molecule has 5 nitrogen and oxygen atoms in total. The van der Waals surface area contributed by atoms with E-state index in [-0.39, 0.29) is 18.4 Å². The second-order valence-corrected chi connectivity index (χ2v) is 8.18. The zero-order valence-corrected chi connectivity index (χ0v) is 18.8. The summed E-state index contributed by atoms with van der Waals surface area (Å²) >= 11 is 0. The third-order valence-electron chi connectivity index (χ3n) is 4.89. The molecular formula is C25H34N2O3. The Hall–Kier alpha value is -2.82. The van der Waals surface area contributed by atoms with Crippen LogP contribution >= 0.6 is 0 Å². The molecule has 0 saturated heterocycles. The highest BCUT2D eigenvalue weighted by atomic mass is 16.5. The van der Waals surface area contributed by atoms with E-state index in [2.05, 4.69) is 5.32 Å². The van der Waals surface area contributed by atoms with E-state index in [0.717, 1.165) is 16.7 Å². The normalized spacial score (nSPS) is 11.8. The first-order valence-electron chi connectivity index (χ1n) is 10.6. The van der Waals surface area contributed by atoms with Gasteiger partial charge in [-0.15, -0.1) is 0 Å². The van der Waals surface area contributed by atoms with Crippen LogP contribution in [-0.4, -0.2) is 35.9 Å². The van der Waals surface area contributed by atoms with Gasteiger partial charge in [-0.05, 0) is 43.9 Å². The minimum Gasteiger partial charge on any atom is -0.484 e. The van der Waals surface area contributed by atoms with E-state index in [0.29, 0.717) is 31.2 Å². The molecule has 2 aromatic carbocycles. The van der Waals surface area contributed by atoms with E-state index in [1.54, 1.807) is 4.90 Å². The molecule has 0 fully saturated rings. The summed E-state index contributed by atoms with van der Waals surface area (Å²) < 4.78 is 5.71. The van der Waals surface area contributed by atoms with Crippen molar-refractivity contribution in [3.05, 3.63) is 65.2 Å². The minimum absolute atomic E-state index is 0.108. The molecule has 0 bridgehead atoms. The molecule has 5 heteroatoms. The van der Waals surface area contributed by atoms with E-state index in [4.69, 9.17) is 4.74 Å². The standard InChI is InChI=1S/C25H34N2O3/c1-6-23(25(29)26-15-18(2)3)27(16-21-9-7-8-20(5)14-21)24(28)17-30-22-12-10-19(4)11-13-22/h7-14,18,23H,6,15-17H2,1-5H3,(H,26,29)/t23-/m1/s1. The van der Waals surface area contributed by atoms with Gasteiger partial charge in [0.1, 0.15) is 11.8 Å². The maximum Gasteiger partial charge on any atom is 0.261 e. The lowest BCUT2D eigenvalue weighted by atomic mass is 10.1. The SMILES string of the molecule is CC[C@H](C(=O)NCC(C)C)N(Cc1cccc(C)c1)C(=O)COc1ccc(C)cc1. The van der Waals surface area contributed by atoms with Crippen molar-refractivity contribution in [1.29, 1.82) is 0 Å². The second-order valence-electron chi connectivity index (χ2n) is 8.18. The van der Waals surface area contributed by atoms with E-state index >= 15 is 0 Å². The Morgan fingerprint density at radius 1 is 1.03 bits per heavy atom. The van der Waals surface area contributed by atoms with Crippen LogP contribution in [0, 0.1) is 19.8 Å². The summed E-state index contributed by atoms with van der Waals surface area (Å²) in [5.74, 6) is 0.658. The average molecular weight is 411 g/mol. The Bertz CT molecular complexity index is 831. The van der Waals surface area contributed by atoms with Crippen molar-refractivity contribution in [2.75, 3.05) is 13.2 Å². The number of hydrogen-bond donors (Lipinski definition) is 1. The molecule has 0 saturated carbocycles. The number of amides is 2. The van der Waals surface area contributed by atoms with Crippen LogP contribution in [0.4, 0.5) is 0 Å². The highest BCUT2D eigenvalue weighted by Crippen LogP contribution is 2.16. The summed E-state index contributed by atoms with van der Waals surface area (Å²) in [4.78, 5) is 27.6. The van der Waals surface area contributed by atoms with Crippen molar-refractivity contribution < 1.29 is 14.3 Å². The summed E-state index contributed by atoms with van der Waals surface area (Å²) in [5, 5.41) is 2.97. The lowest BCUT2D eigenvalue weighted by Gasteiger charge is -2.31. The van der Waals surface area contributed by atoms with Gasteiger partial charge < -0.3 is 15.0 Å². The van der Waals surface area contributed by atoms with Crippen molar-refractivity contribution in [1.82, 2.24) is 10.2 Å². The van der Waals surface area contributed by atoms with Crippen LogP contribution in [0.15, 0.2) is 48.5 Å². The number of carbonyl (C=O) groups excluding carboxylic acids is 2. The predicted molar refractivity (Wildman–Crippen MR) is 120 cm³/mol. The van der Waals surface area contributed by atoms with Gasteiger partial charge in [-0.2, -0.15) is 0 Å². The largest absolute Gasteiger partial charge is 0.484 e. The third-order valence-corrected chi connectivity index (χ3v) is 4.89. The molecule has 0 aliphatic heterocycles. The number of rotatable bonds is 10. The first-order valence-corrected chi connectivity index (χ1v) is 10.6. The summed E-state index contributed by atoms with van der Waals surface area (Å²) in [6, 6.07) is 15.0.